The van der Waals surface area contributed by atoms with Crippen LogP contribution in [0.15, 0.2) is 36.4 Å². The highest BCUT2D eigenvalue weighted by Gasteiger charge is 1.57. The molecule has 0 amide bonds. The van der Waals surface area contributed by atoms with Gasteiger partial charge in [0.15, 0.2) is 0 Å². The normalized spacial score (nSPS) is 3.88. The van der Waals surface area contributed by atoms with Gasteiger partial charge in [0.25, 0.3) is 12.5 Å². The Morgan fingerprint density at radius 1 is 0.562 bits per heavy atom. The molecule has 2 N–H and O–H groups in total. The van der Waals surface area contributed by atoms with Crippen molar-refractivity contribution in [2.75, 3.05) is 0 Å². The SMILES string of the molecule is C.C.C.C.N#CO.N#CO.c1ccccc1. The van der Waals surface area contributed by atoms with Crippen LogP contribution in [0.5, 0.6) is 0 Å². The van der Waals surface area contributed by atoms with Crippen LogP contribution < -0.4 is 0 Å². The van der Waals surface area contributed by atoms with Gasteiger partial charge in [-0.25, -0.2) is 0 Å². The lowest BCUT2D eigenvalue weighted by atomic mass is 10.4. The van der Waals surface area contributed by atoms with Gasteiger partial charge < -0.3 is 10.2 Å². The number of aliphatic hydroxyl groups is 2. The van der Waals surface area contributed by atoms with Gasteiger partial charge in [-0.15, -0.1) is 0 Å². The molecule has 0 spiro atoms. The first-order valence-electron chi connectivity index (χ1n) is 2.89. The summed E-state index contributed by atoms with van der Waals surface area (Å²) in [4.78, 5) is 0. The van der Waals surface area contributed by atoms with Crippen molar-refractivity contribution in [2.45, 2.75) is 29.7 Å². The molecule has 0 atom stereocenters. The fourth-order valence-electron chi connectivity index (χ4n) is 0.385. The van der Waals surface area contributed by atoms with Crippen LogP contribution in [-0.2, 0) is 0 Å². The van der Waals surface area contributed by atoms with E-state index in [4.69, 9.17) is 20.7 Å². The van der Waals surface area contributed by atoms with Gasteiger partial charge in [-0.05, 0) is 0 Å². The second-order valence-corrected chi connectivity index (χ2v) is 1.35. The van der Waals surface area contributed by atoms with Gasteiger partial charge >= 0.3 is 0 Å². The first kappa shape index (κ1) is 37.2. The third-order valence-corrected chi connectivity index (χ3v) is 0.667. The Balaban J connectivity index is -0.0000000227. The number of nitriles is 2. The second-order valence-electron chi connectivity index (χ2n) is 1.35. The molecular weight excluding hydrogens is 204 g/mol. The van der Waals surface area contributed by atoms with Gasteiger partial charge in [0.05, 0.1) is 0 Å². The highest BCUT2D eigenvalue weighted by molar-refractivity contribution is 4.99. The largest absolute Gasteiger partial charge is 0.443 e. The third-order valence-electron chi connectivity index (χ3n) is 0.667. The number of hydrogen-bond acceptors (Lipinski definition) is 4. The average Bonchev–Trinajstić information content (AvgIpc) is 2.10. The van der Waals surface area contributed by atoms with Gasteiger partial charge in [-0.3, -0.25) is 0 Å². The van der Waals surface area contributed by atoms with Crippen LogP contribution in [0.25, 0.3) is 0 Å². The molecule has 1 rings (SSSR count). The lowest BCUT2D eigenvalue weighted by molar-refractivity contribution is 0.502. The highest BCUT2D eigenvalue weighted by atomic mass is 16.2. The number of nitrogens with zero attached hydrogens (tertiary/aromatic N) is 2. The van der Waals surface area contributed by atoms with Crippen molar-refractivity contribution in [1.82, 2.24) is 0 Å². The van der Waals surface area contributed by atoms with Crippen molar-refractivity contribution in [3.63, 3.8) is 0 Å². The van der Waals surface area contributed by atoms with E-state index in [2.05, 4.69) is 0 Å². The zero-order valence-electron chi connectivity index (χ0n) is 6.25. The Hall–Kier alpha value is -2.20. The van der Waals surface area contributed by atoms with Crippen LogP contribution in [0.1, 0.15) is 29.7 Å². The Morgan fingerprint density at radius 2 is 0.625 bits per heavy atom. The predicted octanol–water partition coefficient (Wildman–Crippen LogP) is 3.91. The van der Waals surface area contributed by atoms with E-state index in [1.54, 1.807) is 0 Å². The van der Waals surface area contributed by atoms with E-state index in [0.29, 0.717) is 0 Å². The van der Waals surface area contributed by atoms with Crippen LogP contribution in [0, 0.1) is 23.0 Å². The molecule has 0 radical (unpaired) electrons. The van der Waals surface area contributed by atoms with E-state index < -0.39 is 0 Å². The zero-order chi connectivity index (χ0) is 9.66. The van der Waals surface area contributed by atoms with Crippen molar-refractivity contribution in [2.24, 2.45) is 0 Å². The summed E-state index contributed by atoms with van der Waals surface area (Å²) >= 11 is 0. The van der Waals surface area contributed by atoms with Crippen molar-refractivity contribution < 1.29 is 10.2 Å². The molecule has 4 heteroatoms. The third kappa shape index (κ3) is 95.3. The molecule has 1 aromatic rings. The number of rotatable bonds is 0. The van der Waals surface area contributed by atoms with Crippen molar-refractivity contribution in [3.05, 3.63) is 36.4 Å². The minimum absolute atomic E-state index is 0. The standard InChI is InChI=1S/C6H6.2CHNO.4CH4/c1-2-4-6-5-3-1;2*2-1-3;;;;/h1-6H;2*3H;4*1H4. The van der Waals surface area contributed by atoms with Crippen LogP contribution in [0.3, 0.4) is 0 Å². The maximum Gasteiger partial charge on any atom is 0.283 e. The van der Waals surface area contributed by atoms with Gasteiger partial charge in [-0.1, -0.05) is 66.1 Å². The van der Waals surface area contributed by atoms with E-state index in [9.17, 15) is 0 Å². The highest BCUT2D eigenvalue weighted by Crippen LogP contribution is 1.79. The van der Waals surface area contributed by atoms with E-state index in [1.165, 1.54) is 0 Å². The molecule has 0 saturated carbocycles. The molecule has 0 aliphatic heterocycles. The van der Waals surface area contributed by atoms with Crippen molar-refractivity contribution in [1.29, 1.82) is 10.5 Å². The molecule has 0 heterocycles. The summed E-state index contributed by atoms with van der Waals surface area (Å²) in [6.45, 7) is 0. The quantitative estimate of drug-likeness (QED) is 0.659. The zero-order valence-corrected chi connectivity index (χ0v) is 6.25. The molecule has 0 unspecified atom stereocenters. The van der Waals surface area contributed by atoms with Gasteiger partial charge in [-0.2, -0.15) is 10.5 Å². The van der Waals surface area contributed by atoms with Gasteiger partial charge in [0.1, 0.15) is 0 Å². The molecule has 0 saturated heterocycles. The van der Waals surface area contributed by atoms with Crippen LogP contribution in [0.4, 0.5) is 0 Å². The van der Waals surface area contributed by atoms with E-state index in [-0.39, 0.29) is 29.7 Å². The Labute approximate surface area is 100 Å². The summed E-state index contributed by atoms with van der Waals surface area (Å²) in [5.74, 6) is 0. The van der Waals surface area contributed by atoms with Crippen LogP contribution in [0.2, 0.25) is 0 Å². The molecular formula is C12H24N2O2. The van der Waals surface area contributed by atoms with Crippen LogP contribution in [-0.4, -0.2) is 10.2 Å². The predicted molar refractivity (Wildman–Crippen MR) is 68.5 cm³/mol. The fourth-order valence-corrected chi connectivity index (χ4v) is 0.385. The van der Waals surface area contributed by atoms with Crippen LogP contribution >= 0.6 is 0 Å². The Morgan fingerprint density at radius 3 is 0.688 bits per heavy atom. The smallest absolute Gasteiger partial charge is 0.283 e. The first-order valence-corrected chi connectivity index (χ1v) is 2.89. The van der Waals surface area contributed by atoms with E-state index >= 15 is 0 Å². The van der Waals surface area contributed by atoms with Gasteiger partial charge in [0, 0.05) is 0 Å². The van der Waals surface area contributed by atoms with Gasteiger partial charge in [0.2, 0.25) is 0 Å². The summed E-state index contributed by atoms with van der Waals surface area (Å²) in [7, 11) is 0. The molecule has 1 aromatic carbocycles. The minimum Gasteiger partial charge on any atom is -0.443 e. The van der Waals surface area contributed by atoms with E-state index in [1.807, 2.05) is 36.4 Å². The average molecular weight is 228 g/mol. The first-order chi connectivity index (χ1) is 5.83. The maximum atomic E-state index is 6.88. The fraction of sp³-hybridized carbons (Fsp3) is 0.333. The summed E-state index contributed by atoms with van der Waals surface area (Å²) in [5.41, 5.74) is 0. The maximum absolute atomic E-state index is 6.88. The summed E-state index contributed by atoms with van der Waals surface area (Å²) in [6.07, 6.45) is 1.50. The minimum atomic E-state index is 0. The van der Waals surface area contributed by atoms with E-state index in [0.717, 1.165) is 12.5 Å². The van der Waals surface area contributed by atoms with Crippen molar-refractivity contribution in [3.8, 4) is 12.5 Å². The topological polar surface area (TPSA) is 88.0 Å². The summed E-state index contributed by atoms with van der Waals surface area (Å²) < 4.78 is 0. The molecule has 16 heavy (non-hydrogen) atoms. The molecule has 0 aliphatic rings. The molecule has 0 bridgehead atoms. The molecule has 0 fully saturated rings. The monoisotopic (exact) mass is 228 g/mol. The lowest BCUT2D eigenvalue weighted by Gasteiger charge is -1.69. The molecule has 94 valence electrons. The molecule has 0 aliphatic carbocycles. The second kappa shape index (κ2) is 53.0. The number of aliphatic hydroxyl groups excluding tert-OH is 2. The number of hydrogen-bond donors (Lipinski definition) is 2. The number of benzene rings is 1. The Kier molecular flexibility index (Phi) is 123. The lowest BCUT2D eigenvalue weighted by Crippen LogP contribution is -1.47. The van der Waals surface area contributed by atoms with Crippen molar-refractivity contribution >= 4 is 0 Å². The molecule has 4 nitrogen and oxygen atoms in total. The molecule has 0 aromatic heterocycles. The Bertz CT molecular complexity index is 199. The summed E-state index contributed by atoms with van der Waals surface area (Å²) in [6, 6.07) is 12.0. The summed E-state index contributed by atoms with van der Waals surface area (Å²) in [5, 5.41) is 27.5.